The van der Waals surface area contributed by atoms with Gasteiger partial charge in [-0.3, -0.25) is 0 Å². The average Bonchev–Trinajstić information content (AvgIpc) is 2.14. The summed E-state index contributed by atoms with van der Waals surface area (Å²) < 4.78 is 5.39. The molecule has 0 saturated heterocycles. The predicted octanol–water partition coefficient (Wildman–Crippen LogP) is 3.71. The maximum Gasteiger partial charge on any atom is 0.0778 e. The van der Waals surface area contributed by atoms with Gasteiger partial charge in [-0.1, -0.05) is 31.6 Å². The third-order valence-electron chi connectivity index (χ3n) is 2.15. The summed E-state index contributed by atoms with van der Waals surface area (Å²) in [6, 6.07) is 0. The molecule has 1 nitrogen and oxygen atoms in total. The SMILES string of the molecule is CC=CCC=C(C)C(CCC)OC. The number of hydrogen-bond donors (Lipinski definition) is 0. The van der Waals surface area contributed by atoms with Crippen LogP contribution in [0.1, 0.15) is 40.0 Å². The molecule has 0 aromatic carbocycles. The molecule has 0 spiro atoms. The quantitative estimate of drug-likeness (QED) is 0.569. The molecular weight excluding hydrogens is 160 g/mol. The highest BCUT2D eigenvalue weighted by atomic mass is 16.5. The van der Waals surface area contributed by atoms with Crippen LogP contribution in [0.5, 0.6) is 0 Å². The van der Waals surface area contributed by atoms with Crippen LogP contribution >= 0.6 is 0 Å². The fourth-order valence-corrected chi connectivity index (χ4v) is 1.32. The molecule has 76 valence electrons. The lowest BCUT2D eigenvalue weighted by Crippen LogP contribution is -2.11. The van der Waals surface area contributed by atoms with E-state index in [1.54, 1.807) is 7.11 Å². The summed E-state index contributed by atoms with van der Waals surface area (Å²) in [4.78, 5) is 0. The summed E-state index contributed by atoms with van der Waals surface area (Å²) in [5.41, 5.74) is 1.35. The second-order valence-corrected chi connectivity index (χ2v) is 3.27. The normalized spacial score (nSPS) is 15.2. The van der Waals surface area contributed by atoms with E-state index >= 15 is 0 Å². The number of ether oxygens (including phenoxy) is 1. The van der Waals surface area contributed by atoms with Crippen molar-refractivity contribution in [3.05, 3.63) is 23.8 Å². The second kappa shape index (κ2) is 8.06. The Morgan fingerprint density at radius 2 is 2.15 bits per heavy atom. The zero-order valence-corrected chi connectivity index (χ0v) is 9.34. The van der Waals surface area contributed by atoms with Crippen molar-refractivity contribution in [2.24, 2.45) is 0 Å². The summed E-state index contributed by atoms with van der Waals surface area (Å²) in [5, 5.41) is 0. The Kier molecular flexibility index (Phi) is 7.71. The Bertz CT molecular complexity index is 168. The van der Waals surface area contributed by atoms with E-state index in [0.29, 0.717) is 6.10 Å². The van der Waals surface area contributed by atoms with Crippen molar-refractivity contribution in [1.82, 2.24) is 0 Å². The molecule has 0 aliphatic heterocycles. The molecule has 0 N–H and O–H groups in total. The molecule has 0 bridgehead atoms. The maximum absolute atomic E-state index is 5.39. The summed E-state index contributed by atoms with van der Waals surface area (Å²) in [6.07, 6.45) is 10.1. The van der Waals surface area contributed by atoms with Crippen LogP contribution in [0.2, 0.25) is 0 Å². The zero-order valence-electron chi connectivity index (χ0n) is 9.34. The lowest BCUT2D eigenvalue weighted by atomic mass is 10.1. The molecule has 13 heavy (non-hydrogen) atoms. The molecule has 1 atom stereocenters. The largest absolute Gasteiger partial charge is 0.377 e. The van der Waals surface area contributed by atoms with Gasteiger partial charge in [0, 0.05) is 7.11 Å². The molecular formula is C12H22O. The van der Waals surface area contributed by atoms with E-state index in [1.807, 2.05) is 6.92 Å². The molecule has 0 heterocycles. The minimum atomic E-state index is 0.315. The van der Waals surface area contributed by atoms with Gasteiger partial charge in [-0.15, -0.1) is 0 Å². The van der Waals surface area contributed by atoms with Crippen molar-refractivity contribution in [2.45, 2.75) is 46.1 Å². The molecule has 0 amide bonds. The maximum atomic E-state index is 5.39. The smallest absolute Gasteiger partial charge is 0.0778 e. The van der Waals surface area contributed by atoms with Gasteiger partial charge in [0.15, 0.2) is 0 Å². The first-order valence-electron chi connectivity index (χ1n) is 5.06. The Morgan fingerprint density at radius 3 is 2.62 bits per heavy atom. The van der Waals surface area contributed by atoms with E-state index < -0.39 is 0 Å². The van der Waals surface area contributed by atoms with Crippen LogP contribution in [0.4, 0.5) is 0 Å². The Balaban J connectivity index is 4.01. The van der Waals surface area contributed by atoms with Crippen molar-refractivity contribution >= 4 is 0 Å². The van der Waals surface area contributed by atoms with Crippen LogP contribution in [0.3, 0.4) is 0 Å². The van der Waals surface area contributed by atoms with Crippen molar-refractivity contribution in [3.63, 3.8) is 0 Å². The molecule has 0 radical (unpaired) electrons. The number of rotatable bonds is 6. The lowest BCUT2D eigenvalue weighted by Gasteiger charge is -2.14. The number of allylic oxidation sites excluding steroid dienone is 3. The van der Waals surface area contributed by atoms with Crippen LogP contribution in [0, 0.1) is 0 Å². The molecule has 0 rings (SSSR count). The second-order valence-electron chi connectivity index (χ2n) is 3.27. The highest BCUT2D eigenvalue weighted by molar-refractivity contribution is 5.07. The van der Waals surface area contributed by atoms with Crippen LogP contribution in [0.25, 0.3) is 0 Å². The topological polar surface area (TPSA) is 9.23 Å². The minimum Gasteiger partial charge on any atom is -0.377 e. The Hall–Kier alpha value is -0.560. The number of hydrogen-bond acceptors (Lipinski definition) is 1. The summed E-state index contributed by atoms with van der Waals surface area (Å²) >= 11 is 0. The van der Waals surface area contributed by atoms with Crippen LogP contribution in [-0.4, -0.2) is 13.2 Å². The van der Waals surface area contributed by atoms with Gasteiger partial charge in [-0.2, -0.15) is 0 Å². The van der Waals surface area contributed by atoms with Gasteiger partial charge < -0.3 is 4.74 Å². The summed E-state index contributed by atoms with van der Waals surface area (Å²) in [5.74, 6) is 0. The highest BCUT2D eigenvalue weighted by Crippen LogP contribution is 2.12. The van der Waals surface area contributed by atoms with Gasteiger partial charge >= 0.3 is 0 Å². The van der Waals surface area contributed by atoms with Crippen molar-refractivity contribution in [2.75, 3.05) is 7.11 Å². The van der Waals surface area contributed by atoms with E-state index in [2.05, 4.69) is 32.1 Å². The van der Waals surface area contributed by atoms with Crippen LogP contribution < -0.4 is 0 Å². The monoisotopic (exact) mass is 182 g/mol. The fraction of sp³-hybridized carbons (Fsp3) is 0.667. The molecule has 0 saturated carbocycles. The van der Waals surface area contributed by atoms with Crippen LogP contribution in [0.15, 0.2) is 23.8 Å². The predicted molar refractivity (Wildman–Crippen MR) is 58.9 cm³/mol. The minimum absolute atomic E-state index is 0.315. The zero-order chi connectivity index (χ0) is 10.1. The molecule has 0 aromatic heterocycles. The van der Waals surface area contributed by atoms with Crippen molar-refractivity contribution in [1.29, 1.82) is 0 Å². The van der Waals surface area contributed by atoms with Gasteiger partial charge in [0.05, 0.1) is 6.10 Å². The van der Waals surface area contributed by atoms with E-state index in [1.165, 1.54) is 12.0 Å². The van der Waals surface area contributed by atoms with Gasteiger partial charge in [0.1, 0.15) is 0 Å². The van der Waals surface area contributed by atoms with Gasteiger partial charge in [-0.25, -0.2) is 0 Å². The van der Waals surface area contributed by atoms with Crippen molar-refractivity contribution < 1.29 is 4.74 Å². The standard InChI is InChI=1S/C12H22O/c1-5-7-8-10-11(3)12(13-4)9-6-2/h5,7,10,12H,6,8-9H2,1-4H3. The van der Waals surface area contributed by atoms with Gasteiger partial charge in [-0.05, 0) is 32.3 Å². The van der Waals surface area contributed by atoms with E-state index in [9.17, 15) is 0 Å². The lowest BCUT2D eigenvalue weighted by molar-refractivity contribution is 0.123. The Morgan fingerprint density at radius 1 is 1.46 bits per heavy atom. The molecule has 1 heteroatoms. The van der Waals surface area contributed by atoms with Crippen molar-refractivity contribution in [3.8, 4) is 0 Å². The first-order valence-corrected chi connectivity index (χ1v) is 5.06. The Labute approximate surface area is 82.5 Å². The molecule has 1 unspecified atom stereocenters. The first-order chi connectivity index (χ1) is 6.26. The van der Waals surface area contributed by atoms with Crippen LogP contribution in [-0.2, 0) is 4.74 Å². The fourth-order valence-electron chi connectivity index (χ4n) is 1.32. The average molecular weight is 182 g/mol. The highest BCUT2D eigenvalue weighted by Gasteiger charge is 2.06. The molecule has 0 fully saturated rings. The molecule has 0 aliphatic rings. The first kappa shape index (κ1) is 12.4. The van der Waals surface area contributed by atoms with E-state index in [4.69, 9.17) is 4.74 Å². The van der Waals surface area contributed by atoms with E-state index in [-0.39, 0.29) is 0 Å². The van der Waals surface area contributed by atoms with Gasteiger partial charge in [0.25, 0.3) is 0 Å². The summed E-state index contributed by atoms with van der Waals surface area (Å²) in [6.45, 7) is 6.38. The number of methoxy groups -OCH3 is 1. The molecule has 0 aliphatic carbocycles. The van der Waals surface area contributed by atoms with E-state index in [0.717, 1.165) is 12.8 Å². The van der Waals surface area contributed by atoms with Gasteiger partial charge in [0.2, 0.25) is 0 Å². The summed E-state index contributed by atoms with van der Waals surface area (Å²) in [7, 11) is 1.79. The molecule has 0 aromatic rings. The third kappa shape index (κ3) is 5.64. The third-order valence-corrected chi connectivity index (χ3v) is 2.15.